The molecule has 1 N–H and O–H groups in total. The van der Waals surface area contributed by atoms with Gasteiger partial charge in [0.2, 0.25) is 0 Å². The number of rotatable bonds is 5. The fourth-order valence-corrected chi connectivity index (χ4v) is 3.36. The third-order valence-electron chi connectivity index (χ3n) is 4.97. The van der Waals surface area contributed by atoms with E-state index in [0.29, 0.717) is 11.1 Å². The maximum atomic E-state index is 12.7. The van der Waals surface area contributed by atoms with Crippen LogP contribution in [0.1, 0.15) is 22.8 Å². The minimum atomic E-state index is -0.442. The largest absolute Gasteiger partial charge is 0.367 e. The number of para-hydroxylation sites is 2. The van der Waals surface area contributed by atoms with Gasteiger partial charge in [-0.15, -0.1) is 0 Å². The number of nitro benzene ring substituents is 1. The molecule has 1 aliphatic heterocycles. The molecule has 0 aliphatic carbocycles. The van der Waals surface area contributed by atoms with Gasteiger partial charge in [-0.3, -0.25) is 14.9 Å². The molecule has 1 aliphatic rings. The van der Waals surface area contributed by atoms with Crippen LogP contribution in [0.4, 0.5) is 17.1 Å². The van der Waals surface area contributed by atoms with Crippen LogP contribution in [0.2, 0.25) is 0 Å². The highest BCUT2D eigenvalue weighted by Gasteiger charge is 2.20. The molecule has 1 saturated heterocycles. The molecule has 7 nitrogen and oxygen atoms in total. The van der Waals surface area contributed by atoms with Crippen LogP contribution in [-0.2, 0) is 0 Å². The summed E-state index contributed by atoms with van der Waals surface area (Å²) >= 11 is 0. The molecular formula is C20H24N4O3. The van der Waals surface area contributed by atoms with Gasteiger partial charge in [0, 0.05) is 43.4 Å². The lowest BCUT2D eigenvalue weighted by Gasteiger charge is -2.36. The van der Waals surface area contributed by atoms with Gasteiger partial charge in [-0.25, -0.2) is 0 Å². The monoisotopic (exact) mass is 368 g/mol. The van der Waals surface area contributed by atoms with Gasteiger partial charge in [-0.05, 0) is 37.7 Å². The molecule has 3 rings (SSSR count). The Hall–Kier alpha value is -2.93. The van der Waals surface area contributed by atoms with E-state index in [1.807, 2.05) is 24.3 Å². The first-order valence-corrected chi connectivity index (χ1v) is 9.12. The maximum absolute atomic E-state index is 12.7. The van der Waals surface area contributed by atoms with Crippen molar-refractivity contribution in [3.05, 3.63) is 63.7 Å². The van der Waals surface area contributed by atoms with Crippen LogP contribution in [0, 0.1) is 17.0 Å². The van der Waals surface area contributed by atoms with E-state index in [-0.39, 0.29) is 11.6 Å². The van der Waals surface area contributed by atoms with Crippen LogP contribution in [0.5, 0.6) is 0 Å². The highest BCUT2D eigenvalue weighted by atomic mass is 16.6. The minimum absolute atomic E-state index is 0.0146. The molecular weight excluding hydrogens is 344 g/mol. The molecule has 0 saturated carbocycles. The second-order valence-electron chi connectivity index (χ2n) is 6.65. The maximum Gasteiger partial charge on any atom is 0.272 e. The van der Waals surface area contributed by atoms with Crippen molar-refractivity contribution < 1.29 is 9.72 Å². The second kappa shape index (κ2) is 8.18. The SMILES string of the molecule is CCN1CCN(c2ccccc2NC(=O)c2ccc([N+](=O)[O-])c(C)c2)CC1. The van der Waals surface area contributed by atoms with Crippen LogP contribution in [-0.4, -0.2) is 48.5 Å². The summed E-state index contributed by atoms with van der Waals surface area (Å²) in [7, 11) is 0. The lowest BCUT2D eigenvalue weighted by Crippen LogP contribution is -2.46. The average Bonchev–Trinajstić information content (AvgIpc) is 2.68. The normalized spacial score (nSPS) is 14.8. The number of benzene rings is 2. The van der Waals surface area contributed by atoms with Crippen molar-refractivity contribution in [2.45, 2.75) is 13.8 Å². The molecule has 0 radical (unpaired) electrons. The second-order valence-corrected chi connectivity index (χ2v) is 6.65. The van der Waals surface area contributed by atoms with Crippen molar-refractivity contribution in [2.75, 3.05) is 42.9 Å². The van der Waals surface area contributed by atoms with E-state index < -0.39 is 4.92 Å². The van der Waals surface area contributed by atoms with Gasteiger partial charge in [0.05, 0.1) is 16.3 Å². The highest BCUT2D eigenvalue weighted by Crippen LogP contribution is 2.27. The van der Waals surface area contributed by atoms with Crippen molar-refractivity contribution >= 4 is 23.0 Å². The van der Waals surface area contributed by atoms with E-state index in [0.717, 1.165) is 44.1 Å². The Morgan fingerprint density at radius 3 is 2.48 bits per heavy atom. The number of hydrogen-bond donors (Lipinski definition) is 1. The smallest absolute Gasteiger partial charge is 0.272 e. The van der Waals surface area contributed by atoms with Crippen LogP contribution >= 0.6 is 0 Å². The lowest BCUT2D eigenvalue weighted by atomic mass is 10.1. The number of aryl methyl sites for hydroxylation is 1. The predicted molar refractivity (Wildman–Crippen MR) is 107 cm³/mol. The zero-order valence-corrected chi connectivity index (χ0v) is 15.6. The van der Waals surface area contributed by atoms with Gasteiger partial charge < -0.3 is 15.1 Å². The number of carbonyl (C=O) groups excluding carboxylic acids is 1. The molecule has 27 heavy (non-hydrogen) atoms. The zero-order valence-electron chi connectivity index (χ0n) is 15.6. The van der Waals surface area contributed by atoms with Gasteiger partial charge >= 0.3 is 0 Å². The molecule has 142 valence electrons. The third kappa shape index (κ3) is 4.25. The summed E-state index contributed by atoms with van der Waals surface area (Å²) in [5.41, 5.74) is 2.64. The summed E-state index contributed by atoms with van der Waals surface area (Å²) in [6, 6.07) is 12.2. The standard InChI is InChI=1S/C20H24N4O3/c1-3-22-10-12-23(13-11-22)19-7-5-4-6-17(19)21-20(25)16-8-9-18(24(26)27)15(2)14-16/h4-9,14H,3,10-13H2,1-2H3,(H,21,25). The minimum Gasteiger partial charge on any atom is -0.367 e. The number of amides is 1. The Morgan fingerprint density at radius 2 is 1.85 bits per heavy atom. The Balaban J connectivity index is 1.77. The summed E-state index contributed by atoms with van der Waals surface area (Å²) in [4.78, 5) is 27.9. The summed E-state index contributed by atoms with van der Waals surface area (Å²) in [6.07, 6.45) is 0. The summed E-state index contributed by atoms with van der Waals surface area (Å²) in [5.74, 6) is -0.271. The number of piperazine rings is 1. The van der Waals surface area contributed by atoms with Gasteiger partial charge in [0.15, 0.2) is 0 Å². The number of likely N-dealkylation sites (N-methyl/N-ethyl adjacent to an activating group) is 1. The Kier molecular flexibility index (Phi) is 5.71. The number of hydrogen-bond acceptors (Lipinski definition) is 5. The van der Waals surface area contributed by atoms with E-state index in [4.69, 9.17) is 0 Å². The first kappa shape index (κ1) is 18.8. The molecule has 2 aromatic rings. The Morgan fingerprint density at radius 1 is 1.15 bits per heavy atom. The van der Waals surface area contributed by atoms with Crippen molar-refractivity contribution in [3.8, 4) is 0 Å². The Bertz CT molecular complexity index is 845. The highest BCUT2D eigenvalue weighted by molar-refractivity contribution is 6.06. The van der Waals surface area contributed by atoms with E-state index in [1.165, 1.54) is 12.1 Å². The summed E-state index contributed by atoms with van der Waals surface area (Å²) in [6.45, 7) is 8.67. The van der Waals surface area contributed by atoms with Gasteiger partial charge in [-0.2, -0.15) is 0 Å². The number of nitrogens with one attached hydrogen (secondary N) is 1. The molecule has 2 aromatic carbocycles. The fourth-order valence-electron chi connectivity index (χ4n) is 3.36. The third-order valence-corrected chi connectivity index (χ3v) is 4.97. The van der Waals surface area contributed by atoms with Gasteiger partial charge in [-0.1, -0.05) is 19.1 Å². The zero-order chi connectivity index (χ0) is 19.4. The van der Waals surface area contributed by atoms with Gasteiger partial charge in [0.1, 0.15) is 0 Å². The summed E-state index contributed by atoms with van der Waals surface area (Å²) in [5, 5.41) is 13.9. The topological polar surface area (TPSA) is 78.7 Å². The molecule has 0 aromatic heterocycles. The van der Waals surface area contributed by atoms with E-state index in [2.05, 4.69) is 22.0 Å². The lowest BCUT2D eigenvalue weighted by molar-refractivity contribution is -0.385. The quantitative estimate of drug-likeness (QED) is 0.647. The molecule has 1 heterocycles. The van der Waals surface area contributed by atoms with E-state index >= 15 is 0 Å². The van der Waals surface area contributed by atoms with Gasteiger partial charge in [0.25, 0.3) is 11.6 Å². The Labute approximate surface area is 158 Å². The van der Waals surface area contributed by atoms with Crippen molar-refractivity contribution in [3.63, 3.8) is 0 Å². The van der Waals surface area contributed by atoms with Crippen molar-refractivity contribution in [2.24, 2.45) is 0 Å². The van der Waals surface area contributed by atoms with Crippen LogP contribution < -0.4 is 10.2 Å². The van der Waals surface area contributed by atoms with E-state index in [9.17, 15) is 14.9 Å². The summed E-state index contributed by atoms with van der Waals surface area (Å²) < 4.78 is 0. The van der Waals surface area contributed by atoms with Crippen LogP contribution in [0.3, 0.4) is 0 Å². The fraction of sp³-hybridized carbons (Fsp3) is 0.350. The van der Waals surface area contributed by atoms with E-state index in [1.54, 1.807) is 13.0 Å². The molecule has 0 spiro atoms. The molecule has 0 bridgehead atoms. The van der Waals surface area contributed by atoms with Crippen molar-refractivity contribution in [1.82, 2.24) is 4.90 Å². The number of anilines is 2. The molecule has 0 atom stereocenters. The first-order chi connectivity index (χ1) is 13.0. The molecule has 7 heteroatoms. The number of nitrogens with zero attached hydrogens (tertiary/aromatic N) is 3. The van der Waals surface area contributed by atoms with Crippen molar-refractivity contribution in [1.29, 1.82) is 0 Å². The van der Waals surface area contributed by atoms with Crippen LogP contribution in [0.15, 0.2) is 42.5 Å². The number of nitro groups is 1. The molecule has 1 amide bonds. The molecule has 1 fully saturated rings. The van der Waals surface area contributed by atoms with Crippen LogP contribution in [0.25, 0.3) is 0 Å². The average molecular weight is 368 g/mol. The number of carbonyl (C=O) groups is 1. The molecule has 0 unspecified atom stereocenters. The first-order valence-electron chi connectivity index (χ1n) is 9.12. The predicted octanol–water partition coefficient (Wildman–Crippen LogP) is 3.30.